The molecule has 0 saturated heterocycles. The number of carbonyl (C=O) groups excluding carboxylic acids is 1. The summed E-state index contributed by atoms with van der Waals surface area (Å²) in [6.07, 6.45) is 0. The van der Waals surface area contributed by atoms with Crippen LogP contribution in [-0.2, 0) is 0 Å². The third-order valence-electron chi connectivity index (χ3n) is 3.93. The number of nitro benzene ring substituents is 1. The van der Waals surface area contributed by atoms with E-state index >= 15 is 0 Å². The highest BCUT2D eigenvalue weighted by Crippen LogP contribution is 2.32. The lowest BCUT2D eigenvalue weighted by Gasteiger charge is -2.22. The molecule has 0 atom stereocenters. The van der Waals surface area contributed by atoms with Crippen LogP contribution in [0.2, 0.25) is 0 Å². The maximum atomic E-state index is 13.2. The number of anilines is 1. The number of ether oxygens (including phenoxy) is 1. The van der Waals surface area contributed by atoms with Crippen LogP contribution in [0.5, 0.6) is 5.75 Å². The zero-order valence-electron chi connectivity index (χ0n) is 15.2. The Morgan fingerprint density at radius 1 is 1.30 bits per heavy atom. The molecule has 0 fully saturated rings. The Labute approximate surface area is 160 Å². The number of nitrogens with zero attached hydrogens (tertiary/aromatic N) is 3. The van der Waals surface area contributed by atoms with Crippen molar-refractivity contribution >= 4 is 38.3 Å². The van der Waals surface area contributed by atoms with Gasteiger partial charge in [-0.1, -0.05) is 37.3 Å². The van der Waals surface area contributed by atoms with Crippen LogP contribution in [-0.4, -0.2) is 29.5 Å². The SMILES string of the molecule is COc1ccc(C(=O)N(CC(C)C)c2nc3ccccc3s2)cc1[N+](=O)[O-]. The van der Waals surface area contributed by atoms with E-state index in [2.05, 4.69) is 4.98 Å². The Bertz CT molecular complexity index is 967. The Balaban J connectivity index is 2.03. The number of thiazole rings is 1. The van der Waals surface area contributed by atoms with Crippen molar-refractivity contribution in [2.24, 2.45) is 5.92 Å². The molecule has 2 aromatic carbocycles. The quantitative estimate of drug-likeness (QED) is 0.460. The predicted molar refractivity (Wildman–Crippen MR) is 106 cm³/mol. The summed E-state index contributed by atoms with van der Waals surface area (Å²) >= 11 is 1.42. The van der Waals surface area contributed by atoms with Crippen molar-refractivity contribution in [3.05, 3.63) is 58.1 Å². The van der Waals surface area contributed by atoms with E-state index in [0.29, 0.717) is 11.7 Å². The van der Waals surface area contributed by atoms with Gasteiger partial charge in [-0.15, -0.1) is 0 Å². The number of aromatic nitrogens is 1. The molecule has 27 heavy (non-hydrogen) atoms. The van der Waals surface area contributed by atoms with Crippen LogP contribution in [0.3, 0.4) is 0 Å². The molecule has 1 amide bonds. The molecule has 0 spiro atoms. The average Bonchev–Trinajstić information content (AvgIpc) is 3.08. The summed E-state index contributed by atoms with van der Waals surface area (Å²) < 4.78 is 6.00. The summed E-state index contributed by atoms with van der Waals surface area (Å²) in [5.41, 5.74) is 0.805. The molecule has 140 valence electrons. The van der Waals surface area contributed by atoms with Crippen LogP contribution in [0.1, 0.15) is 24.2 Å². The number of methoxy groups -OCH3 is 1. The molecule has 8 heteroatoms. The third-order valence-corrected chi connectivity index (χ3v) is 4.99. The van der Waals surface area contributed by atoms with Crippen molar-refractivity contribution in [1.82, 2.24) is 4.98 Å². The van der Waals surface area contributed by atoms with Crippen molar-refractivity contribution in [2.75, 3.05) is 18.6 Å². The van der Waals surface area contributed by atoms with E-state index in [0.717, 1.165) is 10.2 Å². The number of para-hydroxylation sites is 1. The van der Waals surface area contributed by atoms with Crippen LogP contribution < -0.4 is 9.64 Å². The summed E-state index contributed by atoms with van der Waals surface area (Å²) in [4.78, 5) is 30.0. The number of amides is 1. The molecule has 1 aromatic heterocycles. The van der Waals surface area contributed by atoms with Crippen LogP contribution in [0.25, 0.3) is 10.2 Å². The van der Waals surface area contributed by atoms with Gasteiger partial charge in [0.1, 0.15) is 0 Å². The molecule has 0 bridgehead atoms. The van der Waals surface area contributed by atoms with Crippen LogP contribution >= 0.6 is 11.3 Å². The van der Waals surface area contributed by atoms with Gasteiger partial charge < -0.3 is 4.74 Å². The third kappa shape index (κ3) is 3.90. The van der Waals surface area contributed by atoms with Crippen LogP contribution in [0.15, 0.2) is 42.5 Å². The summed E-state index contributed by atoms with van der Waals surface area (Å²) in [5.74, 6) is -0.00495. The molecule has 1 heterocycles. The normalized spacial score (nSPS) is 11.0. The molecule has 7 nitrogen and oxygen atoms in total. The Hall–Kier alpha value is -3.00. The number of fused-ring (bicyclic) bond motifs is 1. The molecule has 0 saturated carbocycles. The van der Waals surface area contributed by atoms with Crippen molar-refractivity contribution in [3.8, 4) is 5.75 Å². The largest absolute Gasteiger partial charge is 0.490 e. The number of nitro groups is 1. The maximum absolute atomic E-state index is 13.2. The lowest BCUT2D eigenvalue weighted by Crippen LogP contribution is -2.34. The number of hydrogen-bond acceptors (Lipinski definition) is 6. The van der Waals surface area contributed by atoms with Gasteiger partial charge in [-0.25, -0.2) is 4.98 Å². The second-order valence-electron chi connectivity index (χ2n) is 6.42. The Kier molecular flexibility index (Phi) is 5.36. The van der Waals surface area contributed by atoms with Crippen molar-refractivity contribution in [2.45, 2.75) is 13.8 Å². The molecular formula is C19H19N3O4S. The van der Waals surface area contributed by atoms with Crippen molar-refractivity contribution in [1.29, 1.82) is 0 Å². The Morgan fingerprint density at radius 3 is 2.67 bits per heavy atom. The number of rotatable bonds is 6. The first-order chi connectivity index (χ1) is 12.9. The monoisotopic (exact) mass is 385 g/mol. The first-order valence-electron chi connectivity index (χ1n) is 8.40. The Morgan fingerprint density at radius 2 is 2.04 bits per heavy atom. The molecule has 0 aliphatic heterocycles. The fourth-order valence-corrected chi connectivity index (χ4v) is 3.68. The highest BCUT2D eigenvalue weighted by Gasteiger charge is 2.25. The first kappa shape index (κ1) is 18.8. The predicted octanol–water partition coefficient (Wildman–Crippen LogP) is 4.52. The average molecular weight is 385 g/mol. The summed E-state index contributed by atoms with van der Waals surface area (Å²) in [7, 11) is 1.36. The highest BCUT2D eigenvalue weighted by molar-refractivity contribution is 7.22. The zero-order chi connectivity index (χ0) is 19.6. The van der Waals surface area contributed by atoms with Gasteiger partial charge in [0.15, 0.2) is 10.9 Å². The first-order valence-corrected chi connectivity index (χ1v) is 9.22. The van der Waals surface area contributed by atoms with Crippen molar-refractivity contribution < 1.29 is 14.5 Å². The minimum absolute atomic E-state index is 0.118. The van der Waals surface area contributed by atoms with E-state index in [1.54, 1.807) is 4.90 Å². The van der Waals surface area contributed by atoms with E-state index in [4.69, 9.17) is 4.74 Å². The van der Waals surface area contributed by atoms with Crippen LogP contribution in [0, 0.1) is 16.0 Å². The summed E-state index contributed by atoms with van der Waals surface area (Å²) in [6.45, 7) is 4.46. The molecule has 0 radical (unpaired) electrons. The van der Waals surface area contributed by atoms with Gasteiger partial charge in [0, 0.05) is 18.2 Å². The smallest absolute Gasteiger partial charge is 0.311 e. The summed E-state index contributed by atoms with van der Waals surface area (Å²) in [5, 5.41) is 11.9. The minimum atomic E-state index is -0.555. The zero-order valence-corrected chi connectivity index (χ0v) is 16.0. The van der Waals surface area contributed by atoms with E-state index in [9.17, 15) is 14.9 Å². The second kappa shape index (κ2) is 7.71. The number of benzene rings is 2. The van der Waals surface area contributed by atoms with Gasteiger partial charge in [0.05, 0.1) is 22.2 Å². The van der Waals surface area contributed by atoms with Crippen molar-refractivity contribution in [3.63, 3.8) is 0 Å². The number of hydrogen-bond donors (Lipinski definition) is 0. The molecule has 0 N–H and O–H groups in total. The maximum Gasteiger partial charge on any atom is 0.311 e. The topological polar surface area (TPSA) is 85.6 Å². The van der Waals surface area contributed by atoms with E-state index < -0.39 is 4.92 Å². The van der Waals surface area contributed by atoms with E-state index in [1.807, 2.05) is 38.1 Å². The van der Waals surface area contributed by atoms with Gasteiger partial charge in [-0.2, -0.15) is 0 Å². The fourth-order valence-electron chi connectivity index (χ4n) is 2.71. The molecule has 0 unspecified atom stereocenters. The highest BCUT2D eigenvalue weighted by atomic mass is 32.1. The standard InChI is InChI=1S/C19H19N3O4S/c1-12(2)11-21(19-20-14-6-4-5-7-17(14)27-19)18(23)13-8-9-16(26-3)15(10-13)22(24)25/h4-10,12H,11H2,1-3H3. The molecule has 0 aliphatic carbocycles. The molecule has 0 aliphatic rings. The van der Waals surface area contributed by atoms with E-state index in [1.165, 1.54) is 36.6 Å². The lowest BCUT2D eigenvalue weighted by atomic mass is 10.1. The van der Waals surface area contributed by atoms with E-state index in [-0.39, 0.29) is 28.8 Å². The van der Waals surface area contributed by atoms with Gasteiger partial charge in [0.25, 0.3) is 5.91 Å². The minimum Gasteiger partial charge on any atom is -0.490 e. The fraction of sp³-hybridized carbons (Fsp3) is 0.263. The lowest BCUT2D eigenvalue weighted by molar-refractivity contribution is -0.385. The second-order valence-corrected chi connectivity index (χ2v) is 7.43. The summed E-state index contributed by atoms with van der Waals surface area (Å²) in [6, 6.07) is 11.9. The van der Waals surface area contributed by atoms with Gasteiger partial charge in [-0.05, 0) is 30.2 Å². The number of carbonyl (C=O) groups is 1. The van der Waals surface area contributed by atoms with Crippen LogP contribution in [0.4, 0.5) is 10.8 Å². The molecule has 3 aromatic rings. The molecular weight excluding hydrogens is 366 g/mol. The molecule has 3 rings (SSSR count). The van der Waals surface area contributed by atoms with Gasteiger partial charge in [0.2, 0.25) is 0 Å². The van der Waals surface area contributed by atoms with Gasteiger partial charge in [-0.3, -0.25) is 19.8 Å². The van der Waals surface area contributed by atoms with Gasteiger partial charge >= 0.3 is 5.69 Å².